The van der Waals surface area contributed by atoms with E-state index in [0.717, 1.165) is 5.56 Å². The summed E-state index contributed by atoms with van der Waals surface area (Å²) in [5.74, 6) is -0.184. The molecular formula is C13H9Cl2FO. The van der Waals surface area contributed by atoms with Gasteiger partial charge in [0.05, 0.1) is 0 Å². The molecule has 0 aliphatic carbocycles. The number of benzene rings is 2. The second-order valence-electron chi connectivity index (χ2n) is 3.45. The Morgan fingerprint density at radius 1 is 1.06 bits per heavy atom. The molecule has 0 aliphatic heterocycles. The van der Waals surface area contributed by atoms with Crippen molar-refractivity contribution in [3.8, 4) is 5.75 Å². The standard InChI is InChI=1S/C13H9Cl2FO/c14-10-6-5-9(11(15)7-10)8-17-13-4-2-1-3-12(13)16/h1-7H,8H2. The van der Waals surface area contributed by atoms with Gasteiger partial charge in [0.15, 0.2) is 11.6 Å². The number of rotatable bonds is 3. The third-order valence-electron chi connectivity index (χ3n) is 2.23. The maximum atomic E-state index is 13.3. The highest BCUT2D eigenvalue weighted by Gasteiger charge is 2.05. The average Bonchev–Trinajstić information content (AvgIpc) is 2.30. The zero-order valence-corrected chi connectivity index (χ0v) is 10.3. The molecule has 0 radical (unpaired) electrons. The summed E-state index contributed by atoms with van der Waals surface area (Å²) >= 11 is 11.8. The molecule has 0 saturated carbocycles. The van der Waals surface area contributed by atoms with E-state index in [9.17, 15) is 4.39 Å². The summed E-state index contributed by atoms with van der Waals surface area (Å²) in [6.45, 7) is 0.205. The number of ether oxygens (including phenoxy) is 1. The lowest BCUT2D eigenvalue weighted by Gasteiger charge is -2.08. The maximum Gasteiger partial charge on any atom is 0.165 e. The van der Waals surface area contributed by atoms with Gasteiger partial charge >= 0.3 is 0 Å². The van der Waals surface area contributed by atoms with E-state index < -0.39 is 5.82 Å². The molecule has 88 valence electrons. The summed E-state index contributed by atoms with van der Waals surface area (Å²) in [6.07, 6.45) is 0. The van der Waals surface area contributed by atoms with Crippen LogP contribution in [0, 0.1) is 5.82 Å². The Bertz CT molecular complexity index is 529. The molecule has 0 amide bonds. The van der Waals surface area contributed by atoms with E-state index in [1.165, 1.54) is 6.07 Å². The predicted octanol–water partition coefficient (Wildman–Crippen LogP) is 4.71. The number of hydrogen-bond acceptors (Lipinski definition) is 1. The largest absolute Gasteiger partial charge is 0.486 e. The first-order chi connectivity index (χ1) is 8.16. The lowest BCUT2D eigenvalue weighted by molar-refractivity contribution is 0.290. The predicted molar refractivity (Wildman–Crippen MR) is 67.2 cm³/mol. The Labute approximate surface area is 109 Å². The van der Waals surface area contributed by atoms with E-state index in [0.29, 0.717) is 10.0 Å². The number of para-hydroxylation sites is 1. The third kappa shape index (κ3) is 3.11. The molecule has 17 heavy (non-hydrogen) atoms. The average molecular weight is 271 g/mol. The van der Waals surface area contributed by atoms with Gasteiger partial charge in [0.2, 0.25) is 0 Å². The van der Waals surface area contributed by atoms with Gasteiger partial charge in [-0.05, 0) is 24.3 Å². The molecule has 0 spiro atoms. The molecule has 2 aromatic rings. The van der Waals surface area contributed by atoms with Crippen LogP contribution < -0.4 is 4.74 Å². The molecule has 0 aliphatic rings. The fourth-order valence-electron chi connectivity index (χ4n) is 1.36. The summed E-state index contributed by atoms with van der Waals surface area (Å²) in [5, 5.41) is 1.07. The number of halogens is 3. The maximum absolute atomic E-state index is 13.3. The van der Waals surface area contributed by atoms with Crippen molar-refractivity contribution in [3.63, 3.8) is 0 Å². The quantitative estimate of drug-likeness (QED) is 0.785. The van der Waals surface area contributed by atoms with E-state index in [1.807, 2.05) is 0 Å². The Kier molecular flexibility index (Phi) is 3.87. The summed E-state index contributed by atoms with van der Waals surface area (Å²) in [4.78, 5) is 0. The smallest absolute Gasteiger partial charge is 0.165 e. The van der Waals surface area contributed by atoms with Gasteiger partial charge in [-0.15, -0.1) is 0 Å². The second kappa shape index (κ2) is 5.39. The highest BCUT2D eigenvalue weighted by atomic mass is 35.5. The minimum Gasteiger partial charge on any atom is -0.486 e. The molecule has 0 atom stereocenters. The van der Waals surface area contributed by atoms with Crippen LogP contribution in [0.15, 0.2) is 42.5 Å². The highest BCUT2D eigenvalue weighted by molar-refractivity contribution is 6.35. The molecule has 1 nitrogen and oxygen atoms in total. The van der Waals surface area contributed by atoms with Crippen LogP contribution in [0.5, 0.6) is 5.75 Å². The molecule has 0 fully saturated rings. The SMILES string of the molecule is Fc1ccccc1OCc1ccc(Cl)cc1Cl. The Morgan fingerprint density at radius 2 is 1.82 bits per heavy atom. The van der Waals surface area contributed by atoms with Crippen molar-refractivity contribution >= 4 is 23.2 Å². The monoisotopic (exact) mass is 270 g/mol. The molecule has 0 saturated heterocycles. The van der Waals surface area contributed by atoms with Gasteiger partial charge in [-0.2, -0.15) is 0 Å². The molecule has 0 N–H and O–H groups in total. The van der Waals surface area contributed by atoms with Crippen LogP contribution in [0.2, 0.25) is 10.0 Å². The Morgan fingerprint density at radius 3 is 2.53 bits per heavy atom. The van der Waals surface area contributed by atoms with Crippen LogP contribution in [0.3, 0.4) is 0 Å². The summed E-state index contributed by atoms with van der Waals surface area (Å²) in [7, 11) is 0. The van der Waals surface area contributed by atoms with Crippen LogP contribution in [0.25, 0.3) is 0 Å². The van der Waals surface area contributed by atoms with Crippen LogP contribution in [-0.2, 0) is 6.61 Å². The van der Waals surface area contributed by atoms with E-state index in [2.05, 4.69) is 0 Å². The van der Waals surface area contributed by atoms with Gasteiger partial charge in [-0.1, -0.05) is 41.4 Å². The van der Waals surface area contributed by atoms with Gasteiger partial charge in [0.25, 0.3) is 0 Å². The lowest BCUT2D eigenvalue weighted by atomic mass is 10.2. The summed E-state index contributed by atoms with van der Waals surface area (Å²) in [5.41, 5.74) is 0.763. The molecule has 4 heteroatoms. The van der Waals surface area contributed by atoms with E-state index in [-0.39, 0.29) is 12.4 Å². The van der Waals surface area contributed by atoms with Gasteiger partial charge < -0.3 is 4.74 Å². The van der Waals surface area contributed by atoms with Crippen LogP contribution in [0.1, 0.15) is 5.56 Å². The molecular weight excluding hydrogens is 262 g/mol. The highest BCUT2D eigenvalue weighted by Crippen LogP contribution is 2.23. The van der Waals surface area contributed by atoms with E-state index in [1.54, 1.807) is 36.4 Å². The zero-order chi connectivity index (χ0) is 12.3. The first-order valence-corrected chi connectivity index (χ1v) is 5.73. The fourth-order valence-corrected chi connectivity index (χ4v) is 1.82. The normalized spacial score (nSPS) is 10.3. The van der Waals surface area contributed by atoms with Gasteiger partial charge in [-0.3, -0.25) is 0 Å². The topological polar surface area (TPSA) is 9.23 Å². The molecule has 0 unspecified atom stereocenters. The van der Waals surface area contributed by atoms with E-state index in [4.69, 9.17) is 27.9 Å². The first kappa shape index (κ1) is 12.2. The van der Waals surface area contributed by atoms with E-state index >= 15 is 0 Å². The van der Waals surface area contributed by atoms with Crippen molar-refractivity contribution in [2.24, 2.45) is 0 Å². The Balaban J connectivity index is 2.10. The van der Waals surface area contributed by atoms with Gasteiger partial charge in [0.1, 0.15) is 6.61 Å². The van der Waals surface area contributed by atoms with Crippen molar-refractivity contribution in [3.05, 3.63) is 63.9 Å². The minimum atomic E-state index is -0.391. The van der Waals surface area contributed by atoms with Crippen molar-refractivity contribution in [1.29, 1.82) is 0 Å². The molecule has 2 aromatic carbocycles. The lowest BCUT2D eigenvalue weighted by Crippen LogP contribution is -1.97. The van der Waals surface area contributed by atoms with Crippen LogP contribution in [-0.4, -0.2) is 0 Å². The summed E-state index contributed by atoms with van der Waals surface area (Å²) < 4.78 is 18.6. The zero-order valence-electron chi connectivity index (χ0n) is 8.79. The van der Waals surface area contributed by atoms with Crippen molar-refractivity contribution in [1.82, 2.24) is 0 Å². The Hall–Kier alpha value is -1.25. The number of hydrogen-bond donors (Lipinski definition) is 0. The molecule has 0 bridgehead atoms. The molecule has 2 rings (SSSR count). The van der Waals surface area contributed by atoms with Crippen LogP contribution >= 0.6 is 23.2 Å². The third-order valence-corrected chi connectivity index (χ3v) is 2.82. The van der Waals surface area contributed by atoms with Crippen molar-refractivity contribution in [2.75, 3.05) is 0 Å². The first-order valence-electron chi connectivity index (χ1n) is 4.98. The van der Waals surface area contributed by atoms with Crippen LogP contribution in [0.4, 0.5) is 4.39 Å². The van der Waals surface area contributed by atoms with Gasteiger partial charge in [0, 0.05) is 15.6 Å². The summed E-state index contributed by atoms with van der Waals surface area (Å²) in [6, 6.07) is 11.3. The fraction of sp³-hybridized carbons (Fsp3) is 0.0769. The second-order valence-corrected chi connectivity index (χ2v) is 4.30. The minimum absolute atomic E-state index is 0.205. The molecule has 0 aromatic heterocycles. The van der Waals surface area contributed by atoms with Crippen molar-refractivity contribution < 1.29 is 9.13 Å². The van der Waals surface area contributed by atoms with Crippen molar-refractivity contribution in [2.45, 2.75) is 6.61 Å². The molecule has 0 heterocycles. The van der Waals surface area contributed by atoms with Gasteiger partial charge in [-0.25, -0.2) is 4.39 Å².